The van der Waals surface area contributed by atoms with Crippen molar-refractivity contribution in [2.75, 3.05) is 13.2 Å². The smallest absolute Gasteiger partial charge is 0.306 e. The minimum Gasteiger partial charge on any atom is -0.454 e. The zero-order chi connectivity index (χ0) is 58.9. The summed E-state index contributed by atoms with van der Waals surface area (Å²) in [6.07, 6.45) is 62.6. The number of carbonyl (C=O) groups is 2. The van der Waals surface area contributed by atoms with E-state index in [2.05, 4.69) is 74.7 Å². The Kier molecular flexibility index (Phi) is 54.5. The molecule has 0 saturated carbocycles. The van der Waals surface area contributed by atoms with Crippen LogP contribution in [0, 0.1) is 0 Å². The fourth-order valence-corrected chi connectivity index (χ4v) is 10.5. The molecular formula is C70H127NO10. The number of ether oxygens (including phenoxy) is 3. The molecule has 11 nitrogen and oxygen atoms in total. The Bertz CT molecular complexity index is 1550. The van der Waals surface area contributed by atoms with Crippen molar-refractivity contribution in [1.29, 1.82) is 0 Å². The molecule has 1 aliphatic heterocycles. The highest BCUT2D eigenvalue weighted by Gasteiger charge is 2.47. The second-order valence-corrected chi connectivity index (χ2v) is 23.6. The van der Waals surface area contributed by atoms with Crippen LogP contribution < -0.4 is 5.32 Å². The highest BCUT2D eigenvalue weighted by Crippen LogP contribution is 2.26. The van der Waals surface area contributed by atoms with Crippen LogP contribution in [0.5, 0.6) is 0 Å². The number of hydrogen-bond donors (Lipinski definition) is 6. The van der Waals surface area contributed by atoms with E-state index in [0.29, 0.717) is 12.8 Å². The van der Waals surface area contributed by atoms with E-state index in [1.54, 1.807) is 6.08 Å². The summed E-state index contributed by atoms with van der Waals surface area (Å²) in [6, 6.07) is -1.03. The van der Waals surface area contributed by atoms with Crippen molar-refractivity contribution < 1.29 is 49.3 Å². The highest BCUT2D eigenvalue weighted by molar-refractivity contribution is 5.80. The maximum absolute atomic E-state index is 13.4. The molecule has 6 N–H and O–H groups in total. The Morgan fingerprint density at radius 2 is 0.852 bits per heavy atom. The van der Waals surface area contributed by atoms with E-state index in [1.807, 2.05) is 6.08 Å². The van der Waals surface area contributed by atoms with Crippen molar-refractivity contribution in [2.45, 2.75) is 359 Å². The molecule has 1 rings (SSSR count). The lowest BCUT2D eigenvalue weighted by molar-refractivity contribution is -0.305. The third-order valence-electron chi connectivity index (χ3n) is 15.9. The van der Waals surface area contributed by atoms with Crippen LogP contribution >= 0.6 is 0 Å². The maximum Gasteiger partial charge on any atom is 0.306 e. The van der Waals surface area contributed by atoms with Gasteiger partial charge in [0.1, 0.15) is 24.4 Å². The van der Waals surface area contributed by atoms with Crippen LogP contribution in [0.25, 0.3) is 0 Å². The van der Waals surface area contributed by atoms with Gasteiger partial charge >= 0.3 is 5.97 Å². The number of esters is 1. The number of hydrogen-bond acceptors (Lipinski definition) is 10. The molecule has 1 fully saturated rings. The van der Waals surface area contributed by atoms with Gasteiger partial charge in [-0.15, -0.1) is 0 Å². The van der Waals surface area contributed by atoms with Gasteiger partial charge in [-0.25, -0.2) is 0 Å². The van der Waals surface area contributed by atoms with Gasteiger partial charge in [-0.05, 0) is 70.6 Å². The average Bonchev–Trinajstić information content (AvgIpc) is 3.51. The first-order chi connectivity index (χ1) is 39.7. The van der Waals surface area contributed by atoms with E-state index in [4.69, 9.17) is 14.2 Å². The van der Waals surface area contributed by atoms with Gasteiger partial charge in [-0.1, -0.05) is 293 Å². The predicted molar refractivity (Wildman–Crippen MR) is 338 cm³/mol. The predicted octanol–water partition coefficient (Wildman–Crippen LogP) is 17.0. The largest absolute Gasteiger partial charge is 0.454 e. The third kappa shape index (κ3) is 45.4. The molecule has 0 radical (unpaired) electrons. The molecule has 8 atom stereocenters. The molecule has 0 bridgehead atoms. The number of rotatable bonds is 58. The van der Waals surface area contributed by atoms with Gasteiger partial charge in [0, 0.05) is 6.42 Å². The number of aliphatic hydroxyl groups excluding tert-OH is 5. The topological polar surface area (TPSA) is 175 Å². The van der Waals surface area contributed by atoms with Gasteiger partial charge in [0.25, 0.3) is 0 Å². The molecule has 1 amide bonds. The molecule has 0 aliphatic carbocycles. The van der Waals surface area contributed by atoms with Crippen molar-refractivity contribution in [3.05, 3.63) is 60.8 Å². The van der Waals surface area contributed by atoms with E-state index in [0.717, 1.165) is 83.5 Å². The summed E-state index contributed by atoms with van der Waals surface area (Å²) in [7, 11) is 0. The molecule has 0 spiro atoms. The standard InChI is InChI=1S/C70H127NO10/c1-4-7-10-13-16-19-22-24-26-28-30-32-34-36-38-40-43-46-49-52-55-58-65(75)81-68-67(77)66(76)64(59-72)80-70(68)79-60-61(62(73)56-53-50-47-44-41-21-18-15-12-9-6-3)71-69(78)63(74)57-54-51-48-45-42-39-37-35-33-31-29-27-25-23-20-17-14-11-8-5-2/h17,20,25,27,31,33,37,39,53,56,61-64,66-68,70,72-74,76-77H,4-16,18-19,21-24,26,28-30,32,34-36,38,40-52,54-55,57-60H2,1-3H3,(H,71,78)/b20-17-,27-25-,33-31-,39-37-,56-53+. The van der Waals surface area contributed by atoms with E-state index < -0.39 is 67.4 Å². The number of unbranched alkanes of at least 4 members (excludes halogenated alkanes) is 36. The monoisotopic (exact) mass is 1140 g/mol. The summed E-state index contributed by atoms with van der Waals surface area (Å²) < 4.78 is 17.7. The number of allylic oxidation sites excluding steroid dienone is 9. The highest BCUT2D eigenvalue weighted by atomic mass is 16.7. The molecule has 8 unspecified atom stereocenters. The van der Waals surface area contributed by atoms with Crippen LogP contribution in [-0.4, -0.2) is 99.6 Å². The van der Waals surface area contributed by atoms with Gasteiger partial charge < -0.3 is 45.1 Å². The SMILES string of the molecule is CCCCC/C=C\C/C=C\C/C=C\C/C=C\CCCCCCC(O)C(=O)NC(COC1OC(CO)C(O)C(O)C1OC(=O)CCCCCCCCCCCCCCCCCCCCCCC)C(O)/C=C/CCCCCCCCCCC. The Hall–Kier alpha value is -2.64. The van der Waals surface area contributed by atoms with Crippen molar-refractivity contribution in [3.8, 4) is 0 Å². The van der Waals surface area contributed by atoms with Crippen molar-refractivity contribution in [2.24, 2.45) is 0 Å². The van der Waals surface area contributed by atoms with E-state index in [1.165, 1.54) is 180 Å². The fraction of sp³-hybridized carbons (Fsp3) is 0.829. The zero-order valence-electron chi connectivity index (χ0n) is 52.4. The quantitative estimate of drug-likeness (QED) is 0.0195. The van der Waals surface area contributed by atoms with E-state index >= 15 is 0 Å². The average molecular weight is 1140 g/mol. The normalized spacial score (nSPS) is 19.0. The maximum atomic E-state index is 13.4. The van der Waals surface area contributed by atoms with Gasteiger partial charge in [0.2, 0.25) is 5.91 Å². The lowest BCUT2D eigenvalue weighted by atomic mass is 9.99. The van der Waals surface area contributed by atoms with Gasteiger partial charge in [0.15, 0.2) is 12.4 Å². The minimum atomic E-state index is -1.62. The van der Waals surface area contributed by atoms with Crippen LogP contribution in [0.2, 0.25) is 0 Å². The molecule has 1 aliphatic rings. The van der Waals surface area contributed by atoms with Crippen molar-refractivity contribution in [3.63, 3.8) is 0 Å². The third-order valence-corrected chi connectivity index (χ3v) is 15.9. The summed E-state index contributed by atoms with van der Waals surface area (Å²) in [6.45, 7) is 5.78. The molecule has 1 saturated heterocycles. The Balaban J connectivity index is 2.61. The van der Waals surface area contributed by atoms with Crippen LogP contribution in [0.15, 0.2) is 60.8 Å². The number of aliphatic hydroxyl groups is 5. The zero-order valence-corrected chi connectivity index (χ0v) is 52.4. The van der Waals surface area contributed by atoms with Crippen LogP contribution in [0.3, 0.4) is 0 Å². The second-order valence-electron chi connectivity index (χ2n) is 23.6. The number of carbonyl (C=O) groups excluding carboxylic acids is 2. The first-order valence-electron chi connectivity index (χ1n) is 34.1. The Morgan fingerprint density at radius 1 is 0.481 bits per heavy atom. The first kappa shape index (κ1) is 76.4. The number of nitrogens with one attached hydrogen (secondary N) is 1. The minimum absolute atomic E-state index is 0.124. The molecule has 1 heterocycles. The second kappa shape index (κ2) is 57.8. The van der Waals surface area contributed by atoms with E-state index in [9.17, 15) is 35.1 Å². The Morgan fingerprint density at radius 3 is 1.30 bits per heavy atom. The molecule has 472 valence electrons. The van der Waals surface area contributed by atoms with Gasteiger partial charge in [0.05, 0.1) is 25.4 Å². The molecular weight excluding hydrogens is 1010 g/mol. The summed E-state index contributed by atoms with van der Waals surface area (Å²) >= 11 is 0. The number of amides is 1. The molecule has 81 heavy (non-hydrogen) atoms. The van der Waals surface area contributed by atoms with Crippen molar-refractivity contribution in [1.82, 2.24) is 5.32 Å². The summed E-state index contributed by atoms with van der Waals surface area (Å²) in [5.74, 6) is -1.20. The lowest BCUT2D eigenvalue weighted by Crippen LogP contribution is -2.61. The molecule has 0 aromatic heterocycles. The Labute approximate surface area is 497 Å². The van der Waals surface area contributed by atoms with Crippen LogP contribution in [0.4, 0.5) is 0 Å². The fourth-order valence-electron chi connectivity index (χ4n) is 10.5. The summed E-state index contributed by atoms with van der Waals surface area (Å²) in [4.78, 5) is 26.6. The van der Waals surface area contributed by atoms with Crippen LogP contribution in [0.1, 0.15) is 310 Å². The van der Waals surface area contributed by atoms with E-state index in [-0.39, 0.29) is 19.4 Å². The van der Waals surface area contributed by atoms with Crippen molar-refractivity contribution >= 4 is 11.9 Å². The summed E-state index contributed by atoms with van der Waals surface area (Å²) in [5.41, 5.74) is 0. The molecule has 0 aromatic carbocycles. The van der Waals surface area contributed by atoms with Crippen LogP contribution in [-0.2, 0) is 23.8 Å². The van der Waals surface area contributed by atoms with Gasteiger partial charge in [-0.3, -0.25) is 9.59 Å². The summed E-state index contributed by atoms with van der Waals surface area (Å²) in [5, 5.41) is 57.1. The first-order valence-corrected chi connectivity index (χ1v) is 34.1. The lowest BCUT2D eigenvalue weighted by Gasteiger charge is -2.41. The molecule has 0 aromatic rings. The van der Waals surface area contributed by atoms with Gasteiger partial charge in [-0.2, -0.15) is 0 Å². The molecule has 11 heteroatoms.